The molecule has 0 aromatic carbocycles. The van der Waals surface area contributed by atoms with Gasteiger partial charge in [0.05, 0.1) is 5.56 Å². The summed E-state index contributed by atoms with van der Waals surface area (Å²) in [4.78, 5) is 19.7. The first-order valence-corrected chi connectivity index (χ1v) is 5.74. The van der Waals surface area contributed by atoms with Gasteiger partial charge in [0.2, 0.25) is 0 Å². The molecule has 0 saturated carbocycles. The van der Waals surface area contributed by atoms with Gasteiger partial charge in [-0.05, 0) is 25.0 Å². The molecule has 0 unspecified atom stereocenters. The highest BCUT2D eigenvalue weighted by atomic mass is 16.4. The van der Waals surface area contributed by atoms with Crippen LogP contribution in [0.2, 0.25) is 0 Å². The summed E-state index contributed by atoms with van der Waals surface area (Å²) in [7, 11) is 0. The number of carboxylic acid groups (broad SMARTS) is 1. The minimum absolute atomic E-state index is 0.173. The number of aryl methyl sites for hydroxylation is 1. The maximum atomic E-state index is 11.1. The second-order valence-corrected chi connectivity index (χ2v) is 4.44. The molecule has 94 valence electrons. The lowest BCUT2D eigenvalue weighted by Gasteiger charge is -2.10. The summed E-state index contributed by atoms with van der Waals surface area (Å²) in [5.41, 5.74) is 1.01. The molecular formula is C13H15N3O2. The summed E-state index contributed by atoms with van der Waals surface area (Å²) in [6.07, 6.45) is 3.44. The Labute approximate surface area is 105 Å². The van der Waals surface area contributed by atoms with E-state index < -0.39 is 5.97 Å². The number of hydrogen-bond acceptors (Lipinski definition) is 3. The van der Waals surface area contributed by atoms with E-state index in [4.69, 9.17) is 5.11 Å². The van der Waals surface area contributed by atoms with Crippen molar-refractivity contribution in [3.8, 4) is 5.82 Å². The van der Waals surface area contributed by atoms with Crippen LogP contribution in [0.4, 0.5) is 0 Å². The molecule has 0 aliphatic heterocycles. The molecule has 0 aliphatic rings. The minimum atomic E-state index is -0.946. The van der Waals surface area contributed by atoms with E-state index in [1.807, 2.05) is 20.8 Å². The number of hydrogen-bond donors (Lipinski definition) is 1. The molecule has 2 heterocycles. The van der Waals surface area contributed by atoms with Crippen molar-refractivity contribution >= 4 is 5.97 Å². The zero-order valence-corrected chi connectivity index (χ0v) is 10.6. The highest BCUT2D eigenvalue weighted by Crippen LogP contribution is 2.18. The van der Waals surface area contributed by atoms with Crippen LogP contribution < -0.4 is 0 Å². The smallest absolute Gasteiger partial charge is 0.335 e. The van der Waals surface area contributed by atoms with Crippen LogP contribution in [0.3, 0.4) is 0 Å². The fourth-order valence-electron chi connectivity index (χ4n) is 1.70. The van der Waals surface area contributed by atoms with Gasteiger partial charge in [-0.1, -0.05) is 13.8 Å². The third-order valence-corrected chi connectivity index (χ3v) is 2.74. The second kappa shape index (κ2) is 4.60. The average molecular weight is 245 g/mol. The van der Waals surface area contributed by atoms with E-state index in [1.165, 1.54) is 0 Å². The molecule has 0 amide bonds. The summed E-state index contributed by atoms with van der Waals surface area (Å²) < 4.78 is 1.78. The number of imidazole rings is 1. The normalized spacial score (nSPS) is 10.9. The quantitative estimate of drug-likeness (QED) is 0.901. The fourth-order valence-corrected chi connectivity index (χ4v) is 1.70. The Kier molecular flexibility index (Phi) is 3.14. The van der Waals surface area contributed by atoms with Gasteiger partial charge in [0.15, 0.2) is 0 Å². The van der Waals surface area contributed by atoms with E-state index in [1.54, 1.807) is 29.1 Å². The zero-order chi connectivity index (χ0) is 13.3. The predicted octanol–water partition coefficient (Wildman–Crippen LogP) is 2.40. The molecule has 0 aliphatic carbocycles. The first-order chi connectivity index (χ1) is 8.49. The van der Waals surface area contributed by atoms with E-state index in [0.717, 1.165) is 11.5 Å². The summed E-state index contributed by atoms with van der Waals surface area (Å²) in [6.45, 7) is 5.82. The number of rotatable bonds is 3. The van der Waals surface area contributed by atoms with Crippen molar-refractivity contribution in [2.75, 3.05) is 0 Å². The Bertz CT molecular complexity index is 588. The van der Waals surface area contributed by atoms with Crippen molar-refractivity contribution < 1.29 is 9.90 Å². The lowest BCUT2D eigenvalue weighted by Crippen LogP contribution is -2.07. The van der Waals surface area contributed by atoms with Gasteiger partial charge in [0.1, 0.15) is 11.6 Å². The first kappa shape index (κ1) is 12.3. The van der Waals surface area contributed by atoms with Crippen molar-refractivity contribution in [2.45, 2.75) is 26.7 Å². The van der Waals surface area contributed by atoms with Gasteiger partial charge >= 0.3 is 5.97 Å². The number of pyridine rings is 1. The highest BCUT2D eigenvalue weighted by Gasteiger charge is 2.12. The largest absolute Gasteiger partial charge is 0.478 e. The first-order valence-electron chi connectivity index (χ1n) is 5.74. The molecule has 5 heteroatoms. The van der Waals surface area contributed by atoms with Gasteiger partial charge in [-0.15, -0.1) is 0 Å². The summed E-state index contributed by atoms with van der Waals surface area (Å²) in [6, 6.07) is 3.17. The van der Waals surface area contributed by atoms with Crippen LogP contribution in [0.5, 0.6) is 0 Å². The van der Waals surface area contributed by atoms with Gasteiger partial charge in [0, 0.05) is 18.1 Å². The molecule has 0 spiro atoms. The lowest BCUT2D eigenvalue weighted by atomic mass is 10.1. The Balaban J connectivity index is 2.60. The maximum absolute atomic E-state index is 11.1. The molecule has 2 rings (SSSR count). The Morgan fingerprint density at radius 3 is 2.61 bits per heavy atom. The van der Waals surface area contributed by atoms with E-state index in [9.17, 15) is 4.79 Å². The number of carboxylic acids is 1. The van der Waals surface area contributed by atoms with Crippen LogP contribution in [0, 0.1) is 6.92 Å². The molecule has 2 aromatic heterocycles. The van der Waals surface area contributed by atoms with E-state index in [-0.39, 0.29) is 11.5 Å². The highest BCUT2D eigenvalue weighted by molar-refractivity contribution is 5.88. The van der Waals surface area contributed by atoms with Gasteiger partial charge in [-0.2, -0.15) is 0 Å². The summed E-state index contributed by atoms with van der Waals surface area (Å²) >= 11 is 0. The van der Waals surface area contributed by atoms with Crippen molar-refractivity contribution in [3.05, 3.63) is 41.6 Å². The van der Waals surface area contributed by atoms with Gasteiger partial charge in [-0.3, -0.25) is 4.57 Å². The standard InChI is InChI=1S/C13H15N3O2/c1-8(2)11-6-10(13(17)18)7-12(15-11)16-5-4-14-9(16)3/h4-8H,1-3H3,(H,17,18). The Hall–Kier alpha value is -2.17. The molecule has 1 N–H and O–H groups in total. The van der Waals surface area contributed by atoms with E-state index in [0.29, 0.717) is 5.82 Å². The maximum Gasteiger partial charge on any atom is 0.335 e. The van der Waals surface area contributed by atoms with Crippen molar-refractivity contribution in [1.29, 1.82) is 0 Å². The summed E-state index contributed by atoms with van der Waals surface area (Å²) in [5, 5.41) is 9.13. The average Bonchev–Trinajstić information content (AvgIpc) is 2.74. The SMILES string of the molecule is Cc1nccn1-c1cc(C(=O)O)cc(C(C)C)n1. The van der Waals surface area contributed by atoms with Crippen LogP contribution in [0.15, 0.2) is 24.5 Å². The fraction of sp³-hybridized carbons (Fsp3) is 0.308. The van der Waals surface area contributed by atoms with Crippen molar-refractivity contribution in [3.63, 3.8) is 0 Å². The van der Waals surface area contributed by atoms with Gasteiger partial charge < -0.3 is 5.11 Å². The molecule has 2 aromatic rings. The van der Waals surface area contributed by atoms with Crippen molar-refractivity contribution in [2.24, 2.45) is 0 Å². The third-order valence-electron chi connectivity index (χ3n) is 2.74. The van der Waals surface area contributed by atoms with Crippen LogP contribution >= 0.6 is 0 Å². The number of aromatic nitrogens is 3. The number of carbonyl (C=O) groups is 1. The monoisotopic (exact) mass is 245 g/mol. The molecule has 0 fully saturated rings. The molecule has 0 atom stereocenters. The molecule has 0 saturated heterocycles. The van der Waals surface area contributed by atoms with Crippen LogP contribution in [0.25, 0.3) is 5.82 Å². The van der Waals surface area contributed by atoms with Crippen LogP contribution in [-0.2, 0) is 0 Å². The molecule has 5 nitrogen and oxygen atoms in total. The lowest BCUT2D eigenvalue weighted by molar-refractivity contribution is 0.0696. The number of nitrogens with zero attached hydrogens (tertiary/aromatic N) is 3. The summed E-state index contributed by atoms with van der Waals surface area (Å²) in [5.74, 6) is 0.596. The molecule has 18 heavy (non-hydrogen) atoms. The predicted molar refractivity (Wildman–Crippen MR) is 67.1 cm³/mol. The Morgan fingerprint density at radius 1 is 1.39 bits per heavy atom. The number of aromatic carboxylic acids is 1. The molecule has 0 bridgehead atoms. The van der Waals surface area contributed by atoms with Crippen LogP contribution in [-0.4, -0.2) is 25.6 Å². The molecular weight excluding hydrogens is 230 g/mol. The topological polar surface area (TPSA) is 68.0 Å². The van der Waals surface area contributed by atoms with E-state index in [2.05, 4.69) is 9.97 Å². The van der Waals surface area contributed by atoms with Crippen LogP contribution in [0.1, 0.15) is 41.6 Å². The molecule has 0 radical (unpaired) electrons. The van der Waals surface area contributed by atoms with Gasteiger partial charge in [0.25, 0.3) is 0 Å². The second-order valence-electron chi connectivity index (χ2n) is 4.44. The zero-order valence-electron chi connectivity index (χ0n) is 10.6. The van der Waals surface area contributed by atoms with Gasteiger partial charge in [-0.25, -0.2) is 14.8 Å². The Morgan fingerprint density at radius 2 is 2.11 bits per heavy atom. The third kappa shape index (κ3) is 2.25. The van der Waals surface area contributed by atoms with E-state index >= 15 is 0 Å². The van der Waals surface area contributed by atoms with Crippen molar-refractivity contribution in [1.82, 2.24) is 14.5 Å². The minimum Gasteiger partial charge on any atom is -0.478 e.